The number of carbonyl (C=O) groups excluding carboxylic acids is 1. The molecule has 1 aliphatic heterocycles. The summed E-state index contributed by atoms with van der Waals surface area (Å²) in [6.07, 6.45) is 1.60. The van der Waals surface area contributed by atoms with Crippen LogP contribution in [0.5, 0.6) is 5.75 Å². The highest BCUT2D eigenvalue weighted by atomic mass is 19.1. The molecule has 1 heterocycles. The first-order valence-corrected chi connectivity index (χ1v) is 8.03. The first-order valence-electron chi connectivity index (χ1n) is 8.03. The second-order valence-electron chi connectivity index (χ2n) is 6.09. The molecule has 0 saturated carbocycles. The van der Waals surface area contributed by atoms with Crippen LogP contribution >= 0.6 is 0 Å². The van der Waals surface area contributed by atoms with Crippen molar-refractivity contribution >= 4 is 17.9 Å². The van der Waals surface area contributed by atoms with E-state index in [9.17, 15) is 9.18 Å². The van der Waals surface area contributed by atoms with Gasteiger partial charge in [-0.1, -0.05) is 38.1 Å². The van der Waals surface area contributed by atoms with E-state index in [0.717, 1.165) is 5.56 Å². The van der Waals surface area contributed by atoms with Gasteiger partial charge in [0.15, 0.2) is 5.70 Å². The topological polar surface area (TPSA) is 47.9 Å². The molecule has 0 aliphatic carbocycles. The SMILES string of the molecule is CC(C)COc1cccc(/C=C2\N=C(c3ccccc3F)OC2=O)c1. The zero-order valence-electron chi connectivity index (χ0n) is 14.0. The highest BCUT2D eigenvalue weighted by molar-refractivity contribution is 6.12. The summed E-state index contributed by atoms with van der Waals surface area (Å²) in [5.41, 5.74) is 1.04. The lowest BCUT2D eigenvalue weighted by atomic mass is 10.2. The van der Waals surface area contributed by atoms with E-state index in [1.807, 2.05) is 24.3 Å². The number of esters is 1. The van der Waals surface area contributed by atoms with Gasteiger partial charge in [-0.05, 0) is 41.8 Å². The van der Waals surface area contributed by atoms with Gasteiger partial charge < -0.3 is 9.47 Å². The van der Waals surface area contributed by atoms with E-state index < -0.39 is 11.8 Å². The summed E-state index contributed by atoms with van der Waals surface area (Å²) in [4.78, 5) is 16.1. The van der Waals surface area contributed by atoms with Crippen LogP contribution < -0.4 is 4.74 Å². The summed E-state index contributed by atoms with van der Waals surface area (Å²) in [5.74, 6) is 0.0140. The lowest BCUT2D eigenvalue weighted by Gasteiger charge is -2.08. The number of hydrogen-bond donors (Lipinski definition) is 0. The predicted octanol–water partition coefficient (Wildman–Crippen LogP) is 4.21. The molecule has 4 nitrogen and oxygen atoms in total. The van der Waals surface area contributed by atoms with Crippen LogP contribution in [-0.4, -0.2) is 18.5 Å². The number of hydrogen-bond acceptors (Lipinski definition) is 4. The van der Waals surface area contributed by atoms with Gasteiger partial charge in [-0.15, -0.1) is 0 Å². The fourth-order valence-electron chi connectivity index (χ4n) is 2.27. The first kappa shape index (κ1) is 16.9. The van der Waals surface area contributed by atoms with Crippen molar-refractivity contribution in [2.75, 3.05) is 6.61 Å². The molecular weight excluding hydrogens is 321 g/mol. The third kappa shape index (κ3) is 4.12. The van der Waals surface area contributed by atoms with Gasteiger partial charge in [0.1, 0.15) is 11.6 Å². The number of aliphatic imine (C=N–C) groups is 1. The van der Waals surface area contributed by atoms with Gasteiger partial charge in [-0.25, -0.2) is 14.2 Å². The Balaban J connectivity index is 1.85. The molecule has 5 heteroatoms. The number of halogens is 1. The summed E-state index contributed by atoms with van der Waals surface area (Å²) in [7, 11) is 0. The Morgan fingerprint density at radius 1 is 1.20 bits per heavy atom. The molecule has 128 valence electrons. The van der Waals surface area contributed by atoms with Crippen LogP contribution in [0.2, 0.25) is 0 Å². The fraction of sp³-hybridized carbons (Fsp3) is 0.200. The molecule has 25 heavy (non-hydrogen) atoms. The van der Waals surface area contributed by atoms with Gasteiger partial charge in [0.2, 0.25) is 5.90 Å². The van der Waals surface area contributed by atoms with Crippen molar-refractivity contribution in [2.45, 2.75) is 13.8 Å². The third-order valence-electron chi connectivity index (χ3n) is 3.47. The lowest BCUT2D eigenvalue weighted by molar-refractivity contribution is -0.129. The molecule has 0 unspecified atom stereocenters. The zero-order chi connectivity index (χ0) is 17.8. The van der Waals surface area contributed by atoms with Crippen molar-refractivity contribution in [1.29, 1.82) is 0 Å². The summed E-state index contributed by atoms with van der Waals surface area (Å²) >= 11 is 0. The van der Waals surface area contributed by atoms with Crippen molar-refractivity contribution in [2.24, 2.45) is 10.9 Å². The van der Waals surface area contributed by atoms with E-state index in [1.54, 1.807) is 18.2 Å². The van der Waals surface area contributed by atoms with Crippen LogP contribution in [0.4, 0.5) is 4.39 Å². The molecule has 2 aromatic carbocycles. The number of nitrogens with zero attached hydrogens (tertiary/aromatic N) is 1. The Morgan fingerprint density at radius 2 is 2.00 bits per heavy atom. The van der Waals surface area contributed by atoms with Crippen LogP contribution in [0.25, 0.3) is 6.08 Å². The summed E-state index contributed by atoms with van der Waals surface area (Å²) < 4.78 is 24.6. The normalized spacial score (nSPS) is 15.4. The van der Waals surface area contributed by atoms with Crippen molar-refractivity contribution in [3.8, 4) is 5.75 Å². The highest BCUT2D eigenvalue weighted by Gasteiger charge is 2.25. The van der Waals surface area contributed by atoms with Gasteiger partial charge in [0, 0.05) is 0 Å². The molecule has 3 rings (SSSR count). The highest BCUT2D eigenvalue weighted by Crippen LogP contribution is 2.22. The minimum atomic E-state index is -0.605. The minimum Gasteiger partial charge on any atom is -0.493 e. The molecule has 1 aliphatic rings. The second kappa shape index (κ2) is 7.30. The van der Waals surface area contributed by atoms with E-state index >= 15 is 0 Å². The number of cyclic esters (lactones) is 1. The summed E-state index contributed by atoms with van der Waals surface area (Å²) in [6.45, 7) is 4.75. The van der Waals surface area contributed by atoms with Crippen LogP contribution in [0.3, 0.4) is 0 Å². The Kier molecular flexibility index (Phi) is 4.93. The molecule has 0 N–H and O–H groups in total. The van der Waals surface area contributed by atoms with Crippen molar-refractivity contribution in [3.05, 3.63) is 71.2 Å². The summed E-state index contributed by atoms with van der Waals surface area (Å²) in [5, 5.41) is 0. The molecule has 0 fully saturated rings. The molecule has 0 amide bonds. The molecule has 0 saturated heterocycles. The number of ether oxygens (including phenoxy) is 2. The predicted molar refractivity (Wildman–Crippen MR) is 93.8 cm³/mol. The van der Waals surface area contributed by atoms with Crippen LogP contribution in [0.15, 0.2) is 59.2 Å². The molecule has 0 spiro atoms. The van der Waals surface area contributed by atoms with Crippen LogP contribution in [0, 0.1) is 11.7 Å². The lowest BCUT2D eigenvalue weighted by Crippen LogP contribution is -2.07. The van der Waals surface area contributed by atoms with Crippen LogP contribution in [-0.2, 0) is 9.53 Å². The quantitative estimate of drug-likeness (QED) is 0.606. The molecule has 0 bridgehead atoms. The molecular formula is C20H18FNO3. The van der Waals surface area contributed by atoms with Gasteiger partial charge >= 0.3 is 5.97 Å². The molecule has 0 radical (unpaired) electrons. The van der Waals surface area contributed by atoms with Gasteiger partial charge in [-0.3, -0.25) is 0 Å². The minimum absolute atomic E-state index is 0.0263. The Hall–Kier alpha value is -2.95. The van der Waals surface area contributed by atoms with E-state index in [4.69, 9.17) is 9.47 Å². The molecule has 0 atom stereocenters. The van der Waals surface area contributed by atoms with Gasteiger partial charge in [-0.2, -0.15) is 0 Å². The maximum Gasteiger partial charge on any atom is 0.363 e. The van der Waals surface area contributed by atoms with Gasteiger partial charge in [0.05, 0.1) is 12.2 Å². The maximum atomic E-state index is 13.8. The monoisotopic (exact) mass is 339 g/mol. The second-order valence-corrected chi connectivity index (χ2v) is 6.09. The zero-order valence-corrected chi connectivity index (χ0v) is 14.0. The largest absolute Gasteiger partial charge is 0.493 e. The van der Waals surface area contributed by atoms with Crippen molar-refractivity contribution < 1.29 is 18.7 Å². The Bertz CT molecular complexity index is 856. The van der Waals surface area contributed by atoms with E-state index in [1.165, 1.54) is 12.1 Å². The average Bonchev–Trinajstić information content (AvgIpc) is 2.94. The van der Waals surface area contributed by atoms with Crippen molar-refractivity contribution in [1.82, 2.24) is 0 Å². The van der Waals surface area contributed by atoms with Crippen molar-refractivity contribution in [3.63, 3.8) is 0 Å². The van der Waals surface area contributed by atoms with Gasteiger partial charge in [0.25, 0.3) is 0 Å². The van der Waals surface area contributed by atoms with E-state index in [-0.39, 0.29) is 17.2 Å². The smallest absolute Gasteiger partial charge is 0.363 e. The van der Waals surface area contributed by atoms with E-state index in [0.29, 0.717) is 18.3 Å². The first-order chi connectivity index (χ1) is 12.0. The molecule has 0 aromatic heterocycles. The molecule has 2 aromatic rings. The maximum absolute atomic E-state index is 13.8. The van der Waals surface area contributed by atoms with Crippen LogP contribution in [0.1, 0.15) is 25.0 Å². The van der Waals surface area contributed by atoms with E-state index in [2.05, 4.69) is 18.8 Å². The number of benzene rings is 2. The Morgan fingerprint density at radius 3 is 2.76 bits per heavy atom. The number of carbonyl (C=O) groups is 1. The number of rotatable bonds is 5. The Labute approximate surface area is 145 Å². The average molecular weight is 339 g/mol. The third-order valence-corrected chi connectivity index (χ3v) is 3.47. The fourth-order valence-corrected chi connectivity index (χ4v) is 2.27. The standard InChI is InChI=1S/C20H18FNO3/c1-13(2)12-24-15-7-5-6-14(10-15)11-18-20(23)25-19(22-18)16-8-3-4-9-17(16)21/h3-11,13H,12H2,1-2H3/b18-11-. The summed E-state index contributed by atoms with van der Waals surface area (Å²) in [6, 6.07) is 13.4.